The van der Waals surface area contributed by atoms with Crippen molar-refractivity contribution in [3.63, 3.8) is 0 Å². The van der Waals surface area contributed by atoms with Gasteiger partial charge in [-0.15, -0.1) is 0 Å². The number of hydrogen-bond acceptors (Lipinski definition) is 1. The van der Waals surface area contributed by atoms with Gasteiger partial charge in [-0.05, 0) is 19.3 Å². The summed E-state index contributed by atoms with van der Waals surface area (Å²) in [5, 5.41) is 0. The van der Waals surface area contributed by atoms with Gasteiger partial charge in [0.15, 0.2) is 0 Å². The Bertz CT molecular complexity index is 456. The maximum atomic E-state index is 5.08. The van der Waals surface area contributed by atoms with Gasteiger partial charge in [0.1, 0.15) is 5.82 Å². The molecule has 0 aliphatic rings. The molecule has 1 rings (SSSR count). The maximum absolute atomic E-state index is 5.08. The van der Waals surface area contributed by atoms with Crippen LogP contribution in [0.3, 0.4) is 0 Å². The molecule has 0 saturated heterocycles. The summed E-state index contributed by atoms with van der Waals surface area (Å²) in [5.41, 5.74) is 3.06. The Kier molecular flexibility index (Phi) is 5.34. The summed E-state index contributed by atoms with van der Waals surface area (Å²) in [4.78, 5) is 8.80. The first-order chi connectivity index (χ1) is 9.51. The Morgan fingerprint density at radius 2 is 1.43 bits per heavy atom. The van der Waals surface area contributed by atoms with Crippen molar-refractivity contribution in [3.05, 3.63) is 17.2 Å². The molecule has 21 heavy (non-hydrogen) atoms. The van der Waals surface area contributed by atoms with Gasteiger partial charge in [0.05, 0.1) is 5.69 Å². The molecule has 0 saturated carbocycles. The van der Waals surface area contributed by atoms with E-state index in [9.17, 15) is 0 Å². The number of nitrogens with one attached hydrogen (secondary N) is 1. The number of nitrogens with zero attached hydrogens (tertiary/aromatic N) is 1. The molecule has 0 atom stereocenters. The molecule has 0 spiro atoms. The molecule has 1 N–H and O–H groups in total. The summed E-state index contributed by atoms with van der Waals surface area (Å²) in [6.07, 6.45) is 4.66. The highest BCUT2D eigenvalue weighted by atomic mass is 15.0. The van der Waals surface area contributed by atoms with Crippen molar-refractivity contribution in [2.45, 2.75) is 104 Å². The highest BCUT2D eigenvalue weighted by molar-refractivity contribution is 5.31. The second-order valence-electron chi connectivity index (χ2n) is 8.46. The number of H-pyrrole nitrogens is 1. The molecule has 1 aromatic heterocycles. The summed E-state index contributed by atoms with van der Waals surface area (Å²) < 4.78 is 0. The Morgan fingerprint density at radius 3 is 1.81 bits per heavy atom. The zero-order valence-electron chi connectivity index (χ0n) is 15.8. The highest BCUT2D eigenvalue weighted by Crippen LogP contribution is 2.40. The van der Waals surface area contributed by atoms with E-state index in [1.165, 1.54) is 24.2 Å². The third-order valence-corrected chi connectivity index (χ3v) is 5.09. The van der Waals surface area contributed by atoms with Gasteiger partial charge in [0.2, 0.25) is 0 Å². The number of imidazole rings is 1. The zero-order valence-corrected chi connectivity index (χ0v) is 15.8. The predicted octanol–water partition coefficient (Wildman–Crippen LogP) is 5.86. The van der Waals surface area contributed by atoms with E-state index >= 15 is 0 Å². The third kappa shape index (κ3) is 3.70. The quantitative estimate of drug-likeness (QED) is 0.698. The number of rotatable bonds is 6. The second-order valence-corrected chi connectivity index (χ2v) is 8.46. The first-order valence-electron chi connectivity index (χ1n) is 8.63. The van der Waals surface area contributed by atoms with Gasteiger partial charge in [-0.2, -0.15) is 0 Å². The molecule has 2 heteroatoms. The summed E-state index contributed by atoms with van der Waals surface area (Å²) >= 11 is 0. The first kappa shape index (κ1) is 18.3. The summed E-state index contributed by atoms with van der Waals surface area (Å²) in [6.45, 7) is 20.6. The highest BCUT2D eigenvalue weighted by Gasteiger charge is 2.36. The summed E-state index contributed by atoms with van der Waals surface area (Å²) in [6, 6.07) is 0. The fourth-order valence-electron chi connectivity index (χ4n) is 3.00. The molecule has 0 bridgehead atoms. The molecule has 0 aromatic carbocycles. The van der Waals surface area contributed by atoms with Crippen molar-refractivity contribution >= 4 is 0 Å². The number of aromatic amines is 1. The van der Waals surface area contributed by atoms with E-state index < -0.39 is 0 Å². The molecule has 0 radical (unpaired) electrons. The molecular formula is C19H36N2. The van der Waals surface area contributed by atoms with Crippen molar-refractivity contribution in [3.8, 4) is 0 Å². The normalized spacial score (nSPS) is 13.8. The minimum Gasteiger partial charge on any atom is -0.345 e. The Hall–Kier alpha value is -0.790. The van der Waals surface area contributed by atoms with Gasteiger partial charge < -0.3 is 4.98 Å². The van der Waals surface area contributed by atoms with Crippen LogP contribution in [0.5, 0.6) is 0 Å². The van der Waals surface area contributed by atoms with Gasteiger partial charge in [0, 0.05) is 21.9 Å². The molecule has 0 aliphatic heterocycles. The van der Waals surface area contributed by atoms with Crippen molar-refractivity contribution in [2.24, 2.45) is 0 Å². The lowest BCUT2D eigenvalue weighted by molar-refractivity contribution is 0.395. The molecule has 2 nitrogen and oxygen atoms in total. The summed E-state index contributed by atoms with van der Waals surface area (Å²) in [5.74, 6) is 1.13. The van der Waals surface area contributed by atoms with Crippen LogP contribution in [0, 0.1) is 0 Å². The van der Waals surface area contributed by atoms with E-state index in [1.54, 1.807) is 0 Å². The van der Waals surface area contributed by atoms with Crippen LogP contribution >= 0.6 is 0 Å². The van der Waals surface area contributed by atoms with Crippen LogP contribution in [-0.2, 0) is 16.2 Å². The van der Waals surface area contributed by atoms with Gasteiger partial charge >= 0.3 is 0 Å². The fourth-order valence-corrected chi connectivity index (χ4v) is 3.00. The largest absolute Gasteiger partial charge is 0.345 e. The van der Waals surface area contributed by atoms with Gasteiger partial charge in [0.25, 0.3) is 0 Å². The van der Waals surface area contributed by atoms with Crippen LogP contribution in [0.25, 0.3) is 0 Å². The van der Waals surface area contributed by atoms with Gasteiger partial charge in [-0.1, -0.05) is 68.7 Å². The van der Waals surface area contributed by atoms with Gasteiger partial charge in [-0.25, -0.2) is 4.98 Å². The van der Waals surface area contributed by atoms with Crippen LogP contribution in [0.15, 0.2) is 0 Å². The van der Waals surface area contributed by atoms with E-state index in [1.807, 2.05) is 0 Å². The predicted molar refractivity (Wildman–Crippen MR) is 93.2 cm³/mol. The Balaban J connectivity index is 3.50. The lowest BCUT2D eigenvalue weighted by Gasteiger charge is -2.31. The lowest BCUT2D eigenvalue weighted by Crippen LogP contribution is -2.27. The topological polar surface area (TPSA) is 28.7 Å². The minimum absolute atomic E-state index is 0.0672. The summed E-state index contributed by atoms with van der Waals surface area (Å²) in [7, 11) is 0. The monoisotopic (exact) mass is 292 g/mol. The molecule has 1 heterocycles. The van der Waals surface area contributed by atoms with Crippen LogP contribution in [0.4, 0.5) is 0 Å². The van der Waals surface area contributed by atoms with Crippen LogP contribution in [0.1, 0.15) is 105 Å². The van der Waals surface area contributed by atoms with Crippen molar-refractivity contribution in [1.82, 2.24) is 9.97 Å². The minimum atomic E-state index is 0.0672. The molecular weight excluding hydrogens is 256 g/mol. The third-order valence-electron chi connectivity index (χ3n) is 5.09. The molecule has 0 aliphatic carbocycles. The van der Waals surface area contributed by atoms with Crippen molar-refractivity contribution < 1.29 is 0 Å². The van der Waals surface area contributed by atoms with E-state index in [-0.39, 0.29) is 16.2 Å². The van der Waals surface area contributed by atoms with Crippen LogP contribution in [-0.4, -0.2) is 9.97 Å². The Labute approximate surface area is 132 Å². The number of aromatic nitrogens is 2. The maximum Gasteiger partial charge on any atom is 0.112 e. The number of hydrogen-bond donors (Lipinski definition) is 1. The average molecular weight is 293 g/mol. The molecule has 0 unspecified atom stereocenters. The zero-order chi connectivity index (χ0) is 16.5. The second kappa shape index (κ2) is 6.14. The van der Waals surface area contributed by atoms with E-state index in [0.29, 0.717) is 0 Å². The molecule has 0 amide bonds. The first-order valence-corrected chi connectivity index (χ1v) is 8.63. The van der Waals surface area contributed by atoms with E-state index in [0.717, 1.165) is 18.7 Å². The smallest absolute Gasteiger partial charge is 0.112 e. The van der Waals surface area contributed by atoms with Crippen molar-refractivity contribution in [1.29, 1.82) is 0 Å². The lowest BCUT2D eigenvalue weighted by atomic mass is 9.74. The average Bonchev–Trinajstić information content (AvgIpc) is 2.84. The van der Waals surface area contributed by atoms with Crippen LogP contribution < -0.4 is 0 Å². The standard InChI is InChI=1S/C19H36N2/c1-10-13-18(7,8)14-15(19(9,11-2)12-3)21-16(20-14)17(4,5)6/h10-13H2,1-9H3,(H,20,21). The fraction of sp³-hybridized carbons (Fsp3) is 0.842. The molecule has 0 fully saturated rings. The Morgan fingerprint density at radius 1 is 0.905 bits per heavy atom. The van der Waals surface area contributed by atoms with E-state index in [2.05, 4.69) is 67.3 Å². The van der Waals surface area contributed by atoms with Crippen LogP contribution in [0.2, 0.25) is 0 Å². The van der Waals surface area contributed by atoms with E-state index in [4.69, 9.17) is 4.98 Å². The molecule has 1 aromatic rings. The SMILES string of the molecule is CCCC(C)(C)c1nc(C(C)(C)C)[nH]c1C(C)(CC)CC. The van der Waals surface area contributed by atoms with Crippen molar-refractivity contribution in [2.75, 3.05) is 0 Å². The van der Waals surface area contributed by atoms with Gasteiger partial charge in [-0.3, -0.25) is 0 Å². The molecule has 122 valence electrons.